The Bertz CT molecular complexity index is 1170. The monoisotopic (exact) mass is 578 g/mol. The molecule has 1 saturated carbocycles. The summed E-state index contributed by atoms with van der Waals surface area (Å²) in [5.74, 6) is -0.493. The smallest absolute Gasteiger partial charge is 0.421 e. The number of ether oxygens (including phenoxy) is 2. The van der Waals surface area contributed by atoms with Crippen molar-refractivity contribution in [2.45, 2.75) is 75.6 Å². The number of rotatable bonds is 8. The molecule has 4 heterocycles. The molecule has 208 valence electrons. The molecule has 1 aliphatic carbocycles. The van der Waals surface area contributed by atoms with E-state index in [-0.39, 0.29) is 41.9 Å². The van der Waals surface area contributed by atoms with Crippen molar-refractivity contribution in [3.8, 4) is 5.88 Å². The molecule has 1 saturated heterocycles. The van der Waals surface area contributed by atoms with Crippen LogP contribution < -0.4 is 4.74 Å². The Hall–Kier alpha value is -1.95. The van der Waals surface area contributed by atoms with Crippen molar-refractivity contribution in [2.75, 3.05) is 19.8 Å². The molecule has 2 aromatic heterocycles. The lowest BCUT2D eigenvalue weighted by atomic mass is 9.88. The molecular formula is C25H28Cl2F4N4O3. The third kappa shape index (κ3) is 5.95. The van der Waals surface area contributed by atoms with Crippen molar-refractivity contribution < 1.29 is 31.8 Å². The fourth-order valence-electron chi connectivity index (χ4n) is 5.20. The van der Waals surface area contributed by atoms with E-state index in [0.29, 0.717) is 68.9 Å². The van der Waals surface area contributed by atoms with E-state index >= 15 is 0 Å². The van der Waals surface area contributed by atoms with Gasteiger partial charge in [-0.2, -0.15) is 13.2 Å². The predicted molar refractivity (Wildman–Crippen MR) is 131 cm³/mol. The number of hydrogen-bond donors (Lipinski definition) is 0. The topological polar surface area (TPSA) is 69.5 Å². The maximum absolute atomic E-state index is 14.4. The van der Waals surface area contributed by atoms with Crippen LogP contribution in [0.15, 0.2) is 6.07 Å². The molecule has 0 amide bonds. The van der Waals surface area contributed by atoms with Gasteiger partial charge in [0.25, 0.3) is 0 Å². The first kappa shape index (κ1) is 27.6. The number of alkyl halides is 5. The van der Waals surface area contributed by atoms with E-state index in [9.17, 15) is 22.4 Å². The summed E-state index contributed by atoms with van der Waals surface area (Å²) >= 11 is 12.2. The number of aromatic nitrogens is 3. The van der Waals surface area contributed by atoms with Crippen molar-refractivity contribution in [3.05, 3.63) is 39.6 Å². The van der Waals surface area contributed by atoms with E-state index in [1.54, 1.807) is 4.57 Å². The number of hydrogen-bond acceptors (Lipinski definition) is 6. The van der Waals surface area contributed by atoms with Gasteiger partial charge in [-0.05, 0) is 43.7 Å². The van der Waals surface area contributed by atoms with E-state index < -0.39 is 29.7 Å². The number of nitrogens with zero attached hydrogens (tertiary/aromatic N) is 4. The van der Waals surface area contributed by atoms with E-state index in [4.69, 9.17) is 32.7 Å². The number of carbonyl (C=O) groups is 1. The Morgan fingerprint density at radius 2 is 2.03 bits per heavy atom. The second-order valence-corrected chi connectivity index (χ2v) is 11.1. The van der Waals surface area contributed by atoms with Crippen molar-refractivity contribution in [1.29, 1.82) is 0 Å². The van der Waals surface area contributed by atoms with Gasteiger partial charge in [-0.1, -0.05) is 11.6 Å². The van der Waals surface area contributed by atoms with Gasteiger partial charge in [-0.3, -0.25) is 9.69 Å². The van der Waals surface area contributed by atoms with Crippen molar-refractivity contribution in [2.24, 2.45) is 5.92 Å². The van der Waals surface area contributed by atoms with Gasteiger partial charge >= 0.3 is 6.18 Å². The Kier molecular flexibility index (Phi) is 8.19. The summed E-state index contributed by atoms with van der Waals surface area (Å²) < 4.78 is 68.7. The molecule has 3 aliphatic rings. The molecule has 4 atom stereocenters. The molecule has 7 nitrogen and oxygen atoms in total. The van der Waals surface area contributed by atoms with Gasteiger partial charge in [0.1, 0.15) is 23.3 Å². The molecule has 38 heavy (non-hydrogen) atoms. The number of pyridine rings is 1. The van der Waals surface area contributed by atoms with Crippen LogP contribution in [0.2, 0.25) is 5.15 Å². The van der Waals surface area contributed by atoms with Gasteiger partial charge in [0.05, 0.1) is 31.5 Å². The van der Waals surface area contributed by atoms with Crippen LogP contribution in [0.4, 0.5) is 17.6 Å². The molecule has 2 aromatic rings. The van der Waals surface area contributed by atoms with Gasteiger partial charge in [0.15, 0.2) is 11.4 Å². The summed E-state index contributed by atoms with van der Waals surface area (Å²) in [6.45, 7) is 1.96. The molecule has 3 unspecified atom stereocenters. The highest BCUT2D eigenvalue weighted by atomic mass is 35.5. The maximum Gasteiger partial charge on any atom is 0.421 e. The van der Waals surface area contributed by atoms with Crippen LogP contribution in [0.25, 0.3) is 0 Å². The summed E-state index contributed by atoms with van der Waals surface area (Å²) in [7, 11) is 0. The molecular weight excluding hydrogens is 551 g/mol. The number of imidazole rings is 1. The van der Waals surface area contributed by atoms with Crippen LogP contribution in [0.3, 0.4) is 0 Å². The molecule has 0 bridgehead atoms. The second kappa shape index (κ2) is 11.3. The largest absolute Gasteiger partial charge is 0.477 e. The van der Waals surface area contributed by atoms with Crippen molar-refractivity contribution in [3.63, 3.8) is 0 Å². The zero-order chi connectivity index (χ0) is 27.0. The predicted octanol–water partition coefficient (Wildman–Crippen LogP) is 5.23. The number of carbonyl (C=O) groups excluding carboxylic acids is 1. The van der Waals surface area contributed by atoms with Gasteiger partial charge in [-0.15, -0.1) is 11.6 Å². The summed E-state index contributed by atoms with van der Waals surface area (Å²) in [4.78, 5) is 22.2. The molecule has 2 aliphatic heterocycles. The minimum atomic E-state index is -4.66. The van der Waals surface area contributed by atoms with Crippen LogP contribution in [0.1, 0.15) is 58.8 Å². The van der Waals surface area contributed by atoms with E-state index in [1.165, 1.54) is 0 Å². The van der Waals surface area contributed by atoms with Gasteiger partial charge in [-0.25, -0.2) is 14.4 Å². The van der Waals surface area contributed by atoms with Crippen LogP contribution in [0, 0.1) is 5.92 Å². The SMILES string of the molecule is O=Cc1c(Cl)nc(CN2CCc3cc(C(F)(F)F)c(OCC4CCC(Cl)CC4F)nc3C2)n1C[C@@H]1CCO1. The highest BCUT2D eigenvalue weighted by molar-refractivity contribution is 6.31. The summed E-state index contributed by atoms with van der Waals surface area (Å²) in [5.41, 5.74) is 0.268. The highest BCUT2D eigenvalue weighted by Gasteiger charge is 2.38. The Morgan fingerprint density at radius 3 is 2.68 bits per heavy atom. The van der Waals surface area contributed by atoms with Crippen LogP contribution >= 0.6 is 23.2 Å². The minimum absolute atomic E-state index is 0.0228. The Labute approximate surface area is 227 Å². The first-order valence-electron chi connectivity index (χ1n) is 12.7. The van der Waals surface area contributed by atoms with Crippen molar-refractivity contribution in [1.82, 2.24) is 19.4 Å². The minimum Gasteiger partial charge on any atom is -0.477 e. The van der Waals surface area contributed by atoms with Crippen LogP contribution in [-0.2, 0) is 37.0 Å². The van der Waals surface area contributed by atoms with E-state index in [0.717, 1.165) is 12.5 Å². The maximum atomic E-state index is 14.4. The molecule has 0 aromatic carbocycles. The molecule has 13 heteroatoms. The number of halogens is 6. The molecule has 0 N–H and O–H groups in total. The summed E-state index contributed by atoms with van der Waals surface area (Å²) in [6.07, 6.45) is -2.84. The first-order chi connectivity index (χ1) is 18.1. The Morgan fingerprint density at radius 1 is 1.24 bits per heavy atom. The lowest BCUT2D eigenvalue weighted by Crippen LogP contribution is -2.35. The standard InChI is InChI=1S/C25H28Cl2F4N4O3/c26-16-2-1-15(19(28)8-16)13-38-24-18(25(29,30)31)7-14-3-5-34(10-20(14)32-24)11-22-33-23(27)21(12-36)35(22)9-17-4-6-37-17/h7,12,15-17,19H,1-6,8-11,13H2/t15?,16?,17-,19?/m0/s1. The average molecular weight is 579 g/mol. The molecule has 5 rings (SSSR count). The van der Waals surface area contributed by atoms with Gasteiger partial charge in [0, 0.05) is 31.0 Å². The fourth-order valence-corrected chi connectivity index (χ4v) is 5.74. The quantitative estimate of drug-likeness (QED) is 0.242. The molecule has 0 spiro atoms. The molecule has 2 fully saturated rings. The zero-order valence-electron chi connectivity index (χ0n) is 20.5. The van der Waals surface area contributed by atoms with Gasteiger partial charge < -0.3 is 14.0 Å². The van der Waals surface area contributed by atoms with E-state index in [1.807, 2.05) is 4.90 Å². The zero-order valence-corrected chi connectivity index (χ0v) is 22.0. The Balaban J connectivity index is 1.34. The second-order valence-electron chi connectivity index (χ2n) is 10.1. The third-order valence-corrected chi connectivity index (χ3v) is 8.18. The molecule has 0 radical (unpaired) electrons. The third-order valence-electron chi connectivity index (χ3n) is 7.51. The lowest BCUT2D eigenvalue weighted by molar-refractivity contribution is -0.139. The van der Waals surface area contributed by atoms with Gasteiger partial charge in [0.2, 0.25) is 5.88 Å². The van der Waals surface area contributed by atoms with Crippen LogP contribution in [-0.4, -0.2) is 63.1 Å². The normalized spacial score (nSPS) is 26.1. The lowest BCUT2D eigenvalue weighted by Gasteiger charge is -2.31. The number of aldehydes is 1. The highest BCUT2D eigenvalue weighted by Crippen LogP contribution is 2.39. The van der Waals surface area contributed by atoms with Crippen LogP contribution in [0.5, 0.6) is 5.88 Å². The van der Waals surface area contributed by atoms with E-state index in [2.05, 4.69) is 9.97 Å². The average Bonchev–Trinajstić information content (AvgIpc) is 3.12. The number of fused-ring (bicyclic) bond motifs is 1. The van der Waals surface area contributed by atoms with Crippen molar-refractivity contribution >= 4 is 29.5 Å². The summed E-state index contributed by atoms with van der Waals surface area (Å²) in [6, 6.07) is 1.09. The summed E-state index contributed by atoms with van der Waals surface area (Å²) in [5, 5.41) is -0.168. The first-order valence-corrected chi connectivity index (χ1v) is 13.5. The fraction of sp³-hybridized carbons (Fsp3) is 0.640.